The number of nitrogens with zero attached hydrogens (tertiary/aromatic N) is 2. The molecule has 1 N–H and O–H groups in total. The van der Waals surface area contributed by atoms with Crippen molar-refractivity contribution in [2.24, 2.45) is 0 Å². The van der Waals surface area contributed by atoms with Crippen molar-refractivity contribution in [1.29, 1.82) is 0 Å². The molecule has 144 valence electrons. The standard InChI is InChI=1S/C21H26N2O3S/c1-25-16-7-8-19(24)17(15-16)21-23(18-5-2-3-6-20(18)27-21)10-4-9-22-11-13-26-14-12-22/h2-3,5-8,15,21,24H,4,9-14H2,1H3. The van der Waals surface area contributed by atoms with Gasteiger partial charge in [0.25, 0.3) is 0 Å². The summed E-state index contributed by atoms with van der Waals surface area (Å²) in [7, 11) is 1.66. The number of phenolic OH excluding ortho intramolecular Hbond substituents is 1. The lowest BCUT2D eigenvalue weighted by Crippen LogP contribution is -2.38. The van der Waals surface area contributed by atoms with Crippen LogP contribution in [0.5, 0.6) is 11.5 Å². The van der Waals surface area contributed by atoms with Crippen LogP contribution in [-0.2, 0) is 4.74 Å². The molecule has 1 atom stereocenters. The SMILES string of the molecule is COc1ccc(O)c(C2Sc3ccccc3N2CCCN2CCOCC2)c1. The third kappa shape index (κ3) is 4.03. The zero-order chi connectivity index (χ0) is 18.6. The summed E-state index contributed by atoms with van der Waals surface area (Å²) >= 11 is 1.79. The summed E-state index contributed by atoms with van der Waals surface area (Å²) in [6.45, 7) is 5.73. The van der Waals surface area contributed by atoms with Crippen LogP contribution in [0.25, 0.3) is 0 Å². The summed E-state index contributed by atoms with van der Waals surface area (Å²) in [5.74, 6) is 1.09. The van der Waals surface area contributed by atoms with Crippen LogP contribution in [0.4, 0.5) is 5.69 Å². The summed E-state index contributed by atoms with van der Waals surface area (Å²) in [6.07, 6.45) is 1.08. The Hall–Kier alpha value is -1.89. The van der Waals surface area contributed by atoms with Gasteiger partial charge in [-0.1, -0.05) is 23.9 Å². The Morgan fingerprint density at radius 2 is 1.96 bits per heavy atom. The maximum absolute atomic E-state index is 10.5. The Labute approximate surface area is 164 Å². The molecule has 0 amide bonds. The van der Waals surface area contributed by atoms with E-state index in [1.807, 2.05) is 6.07 Å². The van der Waals surface area contributed by atoms with Gasteiger partial charge in [-0.3, -0.25) is 4.90 Å². The zero-order valence-electron chi connectivity index (χ0n) is 15.6. The molecule has 0 radical (unpaired) electrons. The van der Waals surface area contributed by atoms with E-state index in [4.69, 9.17) is 9.47 Å². The van der Waals surface area contributed by atoms with E-state index in [0.29, 0.717) is 5.75 Å². The van der Waals surface area contributed by atoms with Crippen molar-refractivity contribution >= 4 is 17.4 Å². The molecule has 0 aliphatic carbocycles. The molecule has 4 rings (SSSR count). The van der Waals surface area contributed by atoms with Gasteiger partial charge in [-0.15, -0.1) is 0 Å². The van der Waals surface area contributed by atoms with Crippen LogP contribution < -0.4 is 9.64 Å². The summed E-state index contributed by atoms with van der Waals surface area (Å²) in [6, 6.07) is 14.0. The van der Waals surface area contributed by atoms with Crippen LogP contribution in [0, 0.1) is 0 Å². The molecule has 2 aliphatic heterocycles. The first-order valence-electron chi connectivity index (χ1n) is 9.45. The molecule has 2 aromatic rings. The maximum Gasteiger partial charge on any atom is 0.122 e. The van der Waals surface area contributed by atoms with Crippen LogP contribution in [0.15, 0.2) is 47.4 Å². The molecule has 0 bridgehead atoms. The second-order valence-corrected chi connectivity index (χ2v) is 7.99. The van der Waals surface area contributed by atoms with Crippen LogP contribution in [-0.4, -0.2) is 56.5 Å². The molecule has 1 fully saturated rings. The minimum atomic E-state index is 0.0576. The van der Waals surface area contributed by atoms with Crippen molar-refractivity contribution in [3.63, 3.8) is 0 Å². The highest BCUT2D eigenvalue weighted by Gasteiger charge is 2.32. The van der Waals surface area contributed by atoms with Crippen molar-refractivity contribution in [1.82, 2.24) is 4.90 Å². The number of aromatic hydroxyl groups is 1. The molecule has 5 nitrogen and oxygen atoms in total. The molecule has 6 heteroatoms. The fraction of sp³-hybridized carbons (Fsp3) is 0.429. The summed E-state index contributed by atoms with van der Waals surface area (Å²) in [5.41, 5.74) is 2.15. The number of ether oxygens (including phenoxy) is 2. The molecule has 1 unspecified atom stereocenters. The predicted octanol–water partition coefficient (Wildman–Crippen LogP) is 3.73. The van der Waals surface area contributed by atoms with Gasteiger partial charge in [-0.2, -0.15) is 0 Å². The molecule has 27 heavy (non-hydrogen) atoms. The topological polar surface area (TPSA) is 45.2 Å². The fourth-order valence-corrected chi connectivity index (χ4v) is 5.09. The molecule has 0 saturated carbocycles. The Bertz CT molecular complexity index is 780. The Balaban J connectivity index is 1.53. The second kappa shape index (κ2) is 8.42. The molecule has 2 aliphatic rings. The third-order valence-corrected chi connectivity index (χ3v) is 6.51. The second-order valence-electron chi connectivity index (χ2n) is 6.86. The van der Waals surface area contributed by atoms with E-state index in [9.17, 15) is 5.11 Å². The quantitative estimate of drug-likeness (QED) is 0.816. The van der Waals surface area contributed by atoms with Gasteiger partial charge >= 0.3 is 0 Å². The highest BCUT2D eigenvalue weighted by molar-refractivity contribution is 8.00. The highest BCUT2D eigenvalue weighted by Crippen LogP contribution is 2.53. The van der Waals surface area contributed by atoms with E-state index < -0.39 is 0 Å². The number of morpholine rings is 1. The Morgan fingerprint density at radius 3 is 2.78 bits per heavy atom. The normalized spacial score (nSPS) is 19.9. The number of para-hydroxylation sites is 1. The molecule has 0 spiro atoms. The van der Waals surface area contributed by atoms with E-state index in [-0.39, 0.29) is 5.37 Å². The van der Waals surface area contributed by atoms with Crippen LogP contribution in [0.3, 0.4) is 0 Å². The first kappa shape index (κ1) is 18.5. The molecule has 0 aromatic heterocycles. The van der Waals surface area contributed by atoms with Gasteiger partial charge in [-0.05, 0) is 36.8 Å². The molecular weight excluding hydrogens is 360 g/mol. The van der Waals surface area contributed by atoms with Crippen molar-refractivity contribution in [3.8, 4) is 11.5 Å². The molecule has 1 saturated heterocycles. The van der Waals surface area contributed by atoms with Gasteiger partial charge in [0.2, 0.25) is 0 Å². The van der Waals surface area contributed by atoms with Gasteiger partial charge < -0.3 is 19.5 Å². The van der Waals surface area contributed by atoms with Gasteiger partial charge in [0, 0.05) is 36.6 Å². The minimum absolute atomic E-state index is 0.0576. The van der Waals surface area contributed by atoms with E-state index in [1.165, 1.54) is 10.6 Å². The van der Waals surface area contributed by atoms with Crippen molar-refractivity contribution in [3.05, 3.63) is 48.0 Å². The highest BCUT2D eigenvalue weighted by atomic mass is 32.2. The van der Waals surface area contributed by atoms with Gasteiger partial charge in [0.05, 0.1) is 26.0 Å². The van der Waals surface area contributed by atoms with E-state index in [1.54, 1.807) is 31.0 Å². The van der Waals surface area contributed by atoms with Gasteiger partial charge in [-0.25, -0.2) is 0 Å². The van der Waals surface area contributed by atoms with Crippen molar-refractivity contribution in [2.45, 2.75) is 16.7 Å². The van der Waals surface area contributed by atoms with E-state index in [2.05, 4.69) is 34.1 Å². The smallest absolute Gasteiger partial charge is 0.122 e. The average Bonchev–Trinajstić information content (AvgIpc) is 3.08. The Kier molecular flexibility index (Phi) is 5.76. The maximum atomic E-state index is 10.5. The first-order valence-corrected chi connectivity index (χ1v) is 10.3. The number of fused-ring (bicyclic) bond motifs is 1. The van der Waals surface area contributed by atoms with Crippen molar-refractivity contribution in [2.75, 3.05) is 51.4 Å². The lowest BCUT2D eigenvalue weighted by atomic mass is 10.1. The number of phenols is 1. The Morgan fingerprint density at radius 1 is 1.15 bits per heavy atom. The molecule has 2 aromatic carbocycles. The van der Waals surface area contributed by atoms with E-state index in [0.717, 1.165) is 57.1 Å². The van der Waals surface area contributed by atoms with E-state index >= 15 is 0 Å². The predicted molar refractivity (Wildman–Crippen MR) is 109 cm³/mol. The van der Waals surface area contributed by atoms with Crippen LogP contribution in [0.1, 0.15) is 17.4 Å². The number of methoxy groups -OCH3 is 1. The lowest BCUT2D eigenvalue weighted by molar-refractivity contribution is 0.0376. The summed E-state index contributed by atoms with van der Waals surface area (Å²) in [4.78, 5) is 6.14. The number of anilines is 1. The number of hydrogen-bond donors (Lipinski definition) is 1. The largest absolute Gasteiger partial charge is 0.508 e. The fourth-order valence-electron chi connectivity index (χ4n) is 3.72. The van der Waals surface area contributed by atoms with Crippen LogP contribution >= 0.6 is 11.8 Å². The van der Waals surface area contributed by atoms with Crippen molar-refractivity contribution < 1.29 is 14.6 Å². The first-order chi connectivity index (χ1) is 13.3. The molecular formula is C21H26N2O3S. The number of rotatable bonds is 6. The van der Waals surface area contributed by atoms with Gasteiger partial charge in [0.15, 0.2) is 0 Å². The monoisotopic (exact) mass is 386 g/mol. The minimum Gasteiger partial charge on any atom is -0.508 e. The summed E-state index contributed by atoms with van der Waals surface area (Å²) < 4.78 is 10.8. The third-order valence-electron chi connectivity index (χ3n) is 5.17. The number of hydrogen-bond acceptors (Lipinski definition) is 6. The van der Waals surface area contributed by atoms with Gasteiger partial charge in [0.1, 0.15) is 16.9 Å². The summed E-state index contributed by atoms with van der Waals surface area (Å²) in [5, 5.41) is 10.6. The average molecular weight is 387 g/mol. The zero-order valence-corrected chi connectivity index (χ0v) is 16.5. The lowest BCUT2D eigenvalue weighted by Gasteiger charge is -2.30. The number of benzene rings is 2. The number of thioether (sulfide) groups is 1. The van der Waals surface area contributed by atoms with Crippen LogP contribution in [0.2, 0.25) is 0 Å². The molecule has 2 heterocycles.